The van der Waals surface area contributed by atoms with E-state index in [1.807, 2.05) is 0 Å². The zero-order valence-corrected chi connectivity index (χ0v) is 10.5. The first kappa shape index (κ1) is 12.8. The van der Waals surface area contributed by atoms with Crippen LogP contribution in [0.4, 0.5) is 8.78 Å². The van der Waals surface area contributed by atoms with Crippen LogP contribution in [0.2, 0.25) is 5.02 Å². The van der Waals surface area contributed by atoms with E-state index in [2.05, 4.69) is 20.9 Å². The number of halogens is 4. The lowest BCUT2D eigenvalue weighted by molar-refractivity contribution is -0.0710. The number of nitrogens with zero attached hydrogens (tertiary/aromatic N) is 1. The highest BCUT2D eigenvalue weighted by molar-refractivity contribution is 9.10. The molecule has 1 aromatic heterocycles. The Kier molecular flexibility index (Phi) is 3.38. The Balaban J connectivity index is 3.28. The molecule has 1 heterocycles. The van der Waals surface area contributed by atoms with Gasteiger partial charge < -0.3 is 5.73 Å². The van der Waals surface area contributed by atoms with Crippen molar-refractivity contribution < 1.29 is 8.78 Å². The molecule has 0 aliphatic rings. The van der Waals surface area contributed by atoms with Gasteiger partial charge in [0.25, 0.3) is 0 Å². The van der Waals surface area contributed by atoms with Crippen LogP contribution >= 0.6 is 27.5 Å². The zero-order valence-electron chi connectivity index (χ0n) is 8.19. The Labute approximate surface area is 100.0 Å². The van der Waals surface area contributed by atoms with Crippen molar-refractivity contribution >= 4 is 27.5 Å². The lowest BCUT2D eigenvalue weighted by Gasteiger charge is -2.30. The van der Waals surface area contributed by atoms with E-state index in [0.29, 0.717) is 4.47 Å². The van der Waals surface area contributed by atoms with Crippen molar-refractivity contribution in [1.29, 1.82) is 0 Å². The van der Waals surface area contributed by atoms with E-state index in [4.69, 9.17) is 17.3 Å². The summed E-state index contributed by atoms with van der Waals surface area (Å²) < 4.78 is 28.1. The summed E-state index contributed by atoms with van der Waals surface area (Å²) in [6.07, 6.45) is 1.26. The first-order valence-electron chi connectivity index (χ1n) is 4.14. The standard InChI is InChI=1S/C9H10BrClF2N2/c1-8(2,14)9(12,13)7-6(11)3-5(10)4-15-7/h3-4H,14H2,1-2H3. The molecule has 0 unspecified atom stereocenters. The van der Waals surface area contributed by atoms with Crippen LogP contribution in [-0.4, -0.2) is 10.5 Å². The second-order valence-electron chi connectivity index (χ2n) is 3.78. The van der Waals surface area contributed by atoms with Crippen molar-refractivity contribution in [2.45, 2.75) is 25.3 Å². The van der Waals surface area contributed by atoms with Gasteiger partial charge in [-0.1, -0.05) is 11.6 Å². The Hall–Kier alpha value is -0.260. The van der Waals surface area contributed by atoms with E-state index >= 15 is 0 Å². The predicted octanol–water partition coefficient (Wildman–Crippen LogP) is 3.33. The third-order valence-corrected chi connectivity index (χ3v) is 2.64. The van der Waals surface area contributed by atoms with Crippen LogP contribution in [0.15, 0.2) is 16.7 Å². The van der Waals surface area contributed by atoms with Gasteiger partial charge in [-0.25, -0.2) is 0 Å². The SMILES string of the molecule is CC(C)(N)C(F)(F)c1ncc(Br)cc1Cl. The molecule has 15 heavy (non-hydrogen) atoms. The smallest absolute Gasteiger partial charge is 0.308 e. The minimum absolute atomic E-state index is 0.104. The average Bonchev–Trinajstić information content (AvgIpc) is 2.00. The van der Waals surface area contributed by atoms with Gasteiger partial charge in [-0.2, -0.15) is 8.78 Å². The summed E-state index contributed by atoms with van der Waals surface area (Å²) >= 11 is 8.78. The Morgan fingerprint density at radius 3 is 2.40 bits per heavy atom. The van der Waals surface area contributed by atoms with Gasteiger partial charge in [-0.3, -0.25) is 4.98 Å². The van der Waals surface area contributed by atoms with Gasteiger partial charge in [0.2, 0.25) is 0 Å². The van der Waals surface area contributed by atoms with E-state index in [9.17, 15) is 8.78 Å². The minimum atomic E-state index is -3.27. The highest BCUT2D eigenvalue weighted by atomic mass is 79.9. The van der Waals surface area contributed by atoms with Crippen LogP contribution in [0.1, 0.15) is 19.5 Å². The van der Waals surface area contributed by atoms with Crippen molar-refractivity contribution in [1.82, 2.24) is 4.98 Å². The largest absolute Gasteiger partial charge is 0.320 e. The molecule has 2 N–H and O–H groups in total. The maximum atomic E-state index is 13.8. The van der Waals surface area contributed by atoms with Gasteiger partial charge in [-0.15, -0.1) is 0 Å². The van der Waals surface area contributed by atoms with Crippen molar-refractivity contribution in [3.63, 3.8) is 0 Å². The zero-order chi connectivity index (χ0) is 11.9. The van der Waals surface area contributed by atoms with Gasteiger partial charge in [0.15, 0.2) is 0 Å². The first-order chi connectivity index (χ1) is 6.66. The van der Waals surface area contributed by atoms with Gasteiger partial charge in [-0.05, 0) is 35.8 Å². The molecule has 0 atom stereocenters. The minimum Gasteiger partial charge on any atom is -0.320 e. The third-order valence-electron chi connectivity index (χ3n) is 1.91. The van der Waals surface area contributed by atoms with E-state index in [-0.39, 0.29) is 5.02 Å². The normalized spacial score (nSPS) is 13.0. The molecule has 1 aromatic rings. The molecular formula is C9H10BrClF2N2. The van der Waals surface area contributed by atoms with Gasteiger partial charge >= 0.3 is 5.92 Å². The Morgan fingerprint density at radius 2 is 2.00 bits per heavy atom. The van der Waals surface area contributed by atoms with E-state index in [1.165, 1.54) is 26.1 Å². The maximum Gasteiger partial charge on any atom is 0.308 e. The molecule has 0 spiro atoms. The van der Waals surface area contributed by atoms with Crippen LogP contribution in [0, 0.1) is 0 Å². The fourth-order valence-electron chi connectivity index (χ4n) is 0.951. The van der Waals surface area contributed by atoms with E-state index < -0.39 is 17.2 Å². The monoisotopic (exact) mass is 298 g/mol. The second kappa shape index (κ2) is 3.96. The Morgan fingerprint density at radius 1 is 1.47 bits per heavy atom. The molecule has 0 radical (unpaired) electrons. The van der Waals surface area contributed by atoms with Crippen LogP contribution in [0.5, 0.6) is 0 Å². The summed E-state index contributed by atoms with van der Waals surface area (Å²) in [5.41, 5.74) is 3.18. The fourth-order valence-corrected chi connectivity index (χ4v) is 1.70. The second-order valence-corrected chi connectivity index (χ2v) is 5.10. The molecule has 0 bridgehead atoms. The molecule has 1 rings (SSSR count). The molecule has 0 saturated heterocycles. The van der Waals surface area contributed by atoms with Crippen LogP contribution in [-0.2, 0) is 5.92 Å². The summed E-state index contributed by atoms with van der Waals surface area (Å²) in [5.74, 6) is -3.27. The molecular weight excluding hydrogens is 289 g/mol. The summed E-state index contributed by atoms with van der Waals surface area (Å²) in [6, 6.07) is 1.36. The molecule has 0 aromatic carbocycles. The van der Waals surface area contributed by atoms with Crippen molar-refractivity contribution in [3.8, 4) is 0 Å². The molecule has 6 heteroatoms. The van der Waals surface area contributed by atoms with Crippen molar-refractivity contribution in [2.24, 2.45) is 5.73 Å². The molecule has 84 valence electrons. The molecule has 0 fully saturated rings. The van der Waals surface area contributed by atoms with Crippen LogP contribution < -0.4 is 5.73 Å². The predicted molar refractivity (Wildman–Crippen MR) is 59.1 cm³/mol. The number of alkyl halides is 2. The molecule has 0 aliphatic heterocycles. The highest BCUT2D eigenvalue weighted by Crippen LogP contribution is 2.39. The van der Waals surface area contributed by atoms with Gasteiger partial charge in [0, 0.05) is 10.7 Å². The number of aromatic nitrogens is 1. The number of pyridine rings is 1. The van der Waals surface area contributed by atoms with Crippen molar-refractivity contribution in [3.05, 3.63) is 27.5 Å². The molecule has 0 saturated carbocycles. The average molecular weight is 300 g/mol. The molecule has 0 aliphatic carbocycles. The number of hydrogen-bond donors (Lipinski definition) is 1. The van der Waals surface area contributed by atoms with Crippen LogP contribution in [0.25, 0.3) is 0 Å². The third kappa shape index (κ3) is 2.46. The van der Waals surface area contributed by atoms with E-state index in [1.54, 1.807) is 0 Å². The highest BCUT2D eigenvalue weighted by Gasteiger charge is 2.48. The summed E-state index contributed by atoms with van der Waals surface area (Å²) in [4.78, 5) is 3.61. The lowest BCUT2D eigenvalue weighted by atomic mass is 9.94. The quantitative estimate of drug-likeness (QED) is 0.910. The summed E-state index contributed by atoms with van der Waals surface area (Å²) in [6.45, 7) is 2.46. The maximum absolute atomic E-state index is 13.8. The lowest BCUT2D eigenvalue weighted by Crippen LogP contribution is -2.49. The number of rotatable bonds is 2. The number of hydrogen-bond acceptors (Lipinski definition) is 2. The molecule has 0 amide bonds. The van der Waals surface area contributed by atoms with E-state index in [0.717, 1.165) is 0 Å². The van der Waals surface area contributed by atoms with Gasteiger partial charge in [0.1, 0.15) is 5.69 Å². The topological polar surface area (TPSA) is 38.9 Å². The molecule has 2 nitrogen and oxygen atoms in total. The summed E-state index contributed by atoms with van der Waals surface area (Å²) in [7, 11) is 0. The fraction of sp³-hybridized carbons (Fsp3) is 0.444. The number of nitrogens with two attached hydrogens (primary N) is 1. The first-order valence-corrected chi connectivity index (χ1v) is 5.31. The Bertz CT molecular complexity index is 377. The van der Waals surface area contributed by atoms with Gasteiger partial charge in [0.05, 0.1) is 10.6 Å². The van der Waals surface area contributed by atoms with Crippen LogP contribution in [0.3, 0.4) is 0 Å². The van der Waals surface area contributed by atoms with Crippen molar-refractivity contribution in [2.75, 3.05) is 0 Å². The summed E-state index contributed by atoms with van der Waals surface area (Å²) in [5, 5.41) is -0.104.